The Morgan fingerprint density at radius 1 is 1.29 bits per heavy atom. The normalized spacial score (nSPS) is 10.4. The van der Waals surface area contributed by atoms with Crippen molar-refractivity contribution in [1.29, 1.82) is 0 Å². The predicted molar refractivity (Wildman–Crippen MR) is 53.6 cm³/mol. The number of hydrogen-bond donors (Lipinski definition) is 0. The van der Waals surface area contributed by atoms with Crippen molar-refractivity contribution in [2.75, 3.05) is 0 Å². The molecule has 0 amide bonds. The van der Waals surface area contributed by atoms with Gasteiger partial charge >= 0.3 is 11.5 Å². The van der Waals surface area contributed by atoms with E-state index < -0.39 is 21.4 Å². The summed E-state index contributed by atoms with van der Waals surface area (Å²) < 4.78 is 2.20. The largest absolute Gasteiger partial charge is 0.470 e. The number of rotatable bonds is 3. The SMILES string of the molecule is Cn1nc([N+](=O)[O-])c([N+](=O)[O-])c1-n1cccn1. The van der Waals surface area contributed by atoms with E-state index >= 15 is 0 Å². The van der Waals surface area contributed by atoms with Gasteiger partial charge in [0.25, 0.3) is 5.82 Å². The van der Waals surface area contributed by atoms with E-state index in [0.717, 1.165) is 9.36 Å². The number of nitrogens with zero attached hydrogens (tertiary/aromatic N) is 6. The summed E-state index contributed by atoms with van der Waals surface area (Å²) >= 11 is 0. The van der Waals surface area contributed by atoms with Crippen molar-refractivity contribution in [3.8, 4) is 5.82 Å². The molecular formula is C7H6N6O4. The van der Waals surface area contributed by atoms with E-state index in [1.54, 1.807) is 6.07 Å². The van der Waals surface area contributed by atoms with Gasteiger partial charge in [-0.25, -0.2) is 4.68 Å². The second-order valence-electron chi connectivity index (χ2n) is 3.08. The first-order chi connectivity index (χ1) is 8.02. The standard InChI is InChI=1S/C7H6N6O4/c1-10-7(11-4-2-3-8-11)5(12(14)15)6(9-10)13(16)17/h2-4H,1H3. The minimum Gasteiger partial charge on any atom is -0.358 e. The molecule has 0 N–H and O–H groups in total. The maximum absolute atomic E-state index is 10.9. The quantitative estimate of drug-likeness (QED) is 0.564. The molecule has 0 saturated carbocycles. The second-order valence-corrected chi connectivity index (χ2v) is 3.08. The fourth-order valence-electron chi connectivity index (χ4n) is 1.43. The lowest BCUT2D eigenvalue weighted by Crippen LogP contribution is -2.05. The first-order valence-electron chi connectivity index (χ1n) is 4.38. The van der Waals surface area contributed by atoms with Crippen LogP contribution >= 0.6 is 0 Å². The molecule has 10 heteroatoms. The molecule has 0 saturated heterocycles. The van der Waals surface area contributed by atoms with E-state index in [4.69, 9.17) is 0 Å². The van der Waals surface area contributed by atoms with Gasteiger partial charge < -0.3 is 10.1 Å². The summed E-state index contributed by atoms with van der Waals surface area (Å²) in [6.07, 6.45) is 2.84. The van der Waals surface area contributed by atoms with Crippen LogP contribution in [0.2, 0.25) is 0 Å². The Morgan fingerprint density at radius 3 is 2.47 bits per heavy atom. The number of aryl methyl sites for hydroxylation is 1. The molecule has 0 atom stereocenters. The zero-order valence-electron chi connectivity index (χ0n) is 8.55. The third-order valence-corrected chi connectivity index (χ3v) is 2.05. The number of hydrogen-bond acceptors (Lipinski definition) is 6. The van der Waals surface area contributed by atoms with Crippen LogP contribution in [0.5, 0.6) is 0 Å². The molecule has 0 aliphatic carbocycles. The Bertz CT molecular complexity index is 586. The van der Waals surface area contributed by atoms with Gasteiger partial charge in [-0.15, -0.1) is 4.68 Å². The second kappa shape index (κ2) is 3.66. The summed E-state index contributed by atoms with van der Waals surface area (Å²) in [6, 6.07) is 1.54. The minimum atomic E-state index is -0.898. The van der Waals surface area contributed by atoms with Gasteiger partial charge in [0.05, 0.1) is 17.1 Å². The summed E-state index contributed by atoms with van der Waals surface area (Å²) in [4.78, 5) is 19.8. The van der Waals surface area contributed by atoms with Crippen LogP contribution < -0.4 is 0 Å². The van der Waals surface area contributed by atoms with Crippen LogP contribution in [0.1, 0.15) is 0 Å². The average Bonchev–Trinajstić information content (AvgIpc) is 2.83. The van der Waals surface area contributed by atoms with Crippen LogP contribution in [0.4, 0.5) is 11.5 Å². The lowest BCUT2D eigenvalue weighted by Gasteiger charge is -1.96. The molecule has 2 aromatic heterocycles. The van der Waals surface area contributed by atoms with Crippen molar-refractivity contribution in [3.05, 3.63) is 38.7 Å². The molecular weight excluding hydrogens is 232 g/mol. The average molecular weight is 238 g/mol. The molecule has 88 valence electrons. The van der Waals surface area contributed by atoms with E-state index in [1.165, 1.54) is 19.4 Å². The van der Waals surface area contributed by atoms with Crippen molar-refractivity contribution in [2.45, 2.75) is 0 Å². The van der Waals surface area contributed by atoms with Crippen LogP contribution in [0.25, 0.3) is 5.82 Å². The first-order valence-corrected chi connectivity index (χ1v) is 4.38. The third kappa shape index (κ3) is 1.60. The zero-order valence-corrected chi connectivity index (χ0v) is 8.55. The fourth-order valence-corrected chi connectivity index (χ4v) is 1.43. The van der Waals surface area contributed by atoms with Crippen molar-refractivity contribution in [1.82, 2.24) is 19.6 Å². The van der Waals surface area contributed by atoms with Gasteiger partial charge in [-0.2, -0.15) is 5.10 Å². The lowest BCUT2D eigenvalue weighted by molar-refractivity contribution is -0.424. The topological polar surface area (TPSA) is 122 Å². The van der Waals surface area contributed by atoms with Gasteiger partial charge in [0.15, 0.2) is 0 Å². The van der Waals surface area contributed by atoms with Crippen LogP contribution in [0, 0.1) is 20.2 Å². The highest BCUT2D eigenvalue weighted by atomic mass is 16.6. The summed E-state index contributed by atoms with van der Waals surface area (Å²) in [5.41, 5.74) is -0.679. The van der Waals surface area contributed by atoms with E-state index in [0.29, 0.717) is 0 Å². The molecule has 0 spiro atoms. The van der Waals surface area contributed by atoms with Gasteiger partial charge in [-0.1, -0.05) is 0 Å². The van der Waals surface area contributed by atoms with E-state index in [-0.39, 0.29) is 5.82 Å². The fraction of sp³-hybridized carbons (Fsp3) is 0.143. The first kappa shape index (κ1) is 10.7. The Kier molecular flexibility index (Phi) is 2.31. The van der Waals surface area contributed by atoms with E-state index in [9.17, 15) is 20.2 Å². The highest BCUT2D eigenvalue weighted by molar-refractivity contribution is 5.58. The van der Waals surface area contributed by atoms with Crippen molar-refractivity contribution >= 4 is 11.5 Å². The number of aromatic nitrogens is 4. The molecule has 2 aromatic rings. The Hall–Kier alpha value is -2.78. The van der Waals surface area contributed by atoms with Gasteiger partial charge in [-0.3, -0.25) is 10.1 Å². The highest BCUT2D eigenvalue weighted by Gasteiger charge is 2.37. The molecule has 0 radical (unpaired) electrons. The van der Waals surface area contributed by atoms with Gasteiger partial charge in [0, 0.05) is 12.4 Å². The summed E-state index contributed by atoms with van der Waals surface area (Å²) in [6.45, 7) is 0. The Balaban J connectivity index is 2.75. The summed E-state index contributed by atoms with van der Waals surface area (Å²) in [7, 11) is 1.37. The van der Waals surface area contributed by atoms with Crippen molar-refractivity contribution in [3.63, 3.8) is 0 Å². The zero-order chi connectivity index (χ0) is 12.6. The van der Waals surface area contributed by atoms with Crippen LogP contribution in [-0.2, 0) is 7.05 Å². The predicted octanol–water partition coefficient (Wildman–Crippen LogP) is 0.422. The lowest BCUT2D eigenvalue weighted by atomic mass is 10.5. The van der Waals surface area contributed by atoms with Crippen LogP contribution in [0.15, 0.2) is 18.5 Å². The molecule has 0 bridgehead atoms. The molecule has 0 fully saturated rings. The molecule has 10 nitrogen and oxygen atoms in total. The van der Waals surface area contributed by atoms with Gasteiger partial charge in [0.2, 0.25) is 0 Å². The molecule has 2 rings (SSSR count). The Labute approximate surface area is 93.4 Å². The Morgan fingerprint density at radius 2 is 2.00 bits per heavy atom. The third-order valence-electron chi connectivity index (χ3n) is 2.05. The van der Waals surface area contributed by atoms with Gasteiger partial charge in [-0.05, 0) is 11.0 Å². The monoisotopic (exact) mass is 238 g/mol. The van der Waals surface area contributed by atoms with Crippen LogP contribution in [0.3, 0.4) is 0 Å². The maximum atomic E-state index is 10.9. The summed E-state index contributed by atoms with van der Waals surface area (Å²) in [5.74, 6) is -0.866. The van der Waals surface area contributed by atoms with Crippen LogP contribution in [-0.4, -0.2) is 29.4 Å². The van der Waals surface area contributed by atoms with Crippen molar-refractivity contribution in [2.24, 2.45) is 7.05 Å². The molecule has 0 aliphatic rings. The van der Waals surface area contributed by atoms with E-state index in [1.807, 2.05) is 0 Å². The smallest absolute Gasteiger partial charge is 0.358 e. The minimum absolute atomic E-state index is 0.0632. The molecule has 2 heterocycles. The maximum Gasteiger partial charge on any atom is 0.470 e. The number of nitro groups is 2. The molecule has 0 unspecified atom stereocenters. The summed E-state index contributed by atoms with van der Waals surface area (Å²) in [5, 5.41) is 28.8. The molecule has 0 aliphatic heterocycles. The van der Waals surface area contributed by atoms with Gasteiger partial charge in [0.1, 0.15) is 0 Å². The van der Waals surface area contributed by atoms with E-state index in [2.05, 4.69) is 10.2 Å². The highest BCUT2D eigenvalue weighted by Crippen LogP contribution is 2.31. The molecule has 0 aromatic carbocycles. The van der Waals surface area contributed by atoms with Crippen molar-refractivity contribution < 1.29 is 9.85 Å². The molecule has 17 heavy (non-hydrogen) atoms.